The fourth-order valence-corrected chi connectivity index (χ4v) is 4.92. The fourth-order valence-electron chi connectivity index (χ4n) is 4.92. The molecular formula is C22H28N10O8. The van der Waals surface area contributed by atoms with Gasteiger partial charge in [0, 0.05) is 13.1 Å². The molecule has 0 saturated carbocycles. The Morgan fingerprint density at radius 2 is 1.05 bits per heavy atom. The Morgan fingerprint density at radius 1 is 0.625 bits per heavy atom. The summed E-state index contributed by atoms with van der Waals surface area (Å²) in [6.07, 6.45) is -3.37. The SMILES string of the molecule is OC[C@@H]1OC(n2cnc3c(NCCNc4ncnc5c4ncn5C4O[C@H](CO)[C@@H](O)[C@H]4O)ncnc32)[C@@H](O)[C@H]1O. The van der Waals surface area contributed by atoms with Crippen LogP contribution in [0, 0.1) is 0 Å². The molecule has 2 aliphatic heterocycles. The summed E-state index contributed by atoms with van der Waals surface area (Å²) >= 11 is 0. The second-order valence-corrected chi connectivity index (χ2v) is 9.40. The van der Waals surface area contributed by atoms with E-state index in [2.05, 4.69) is 40.5 Å². The van der Waals surface area contributed by atoms with Crippen molar-refractivity contribution in [3.63, 3.8) is 0 Å². The number of aliphatic hydroxyl groups excluding tert-OH is 6. The van der Waals surface area contributed by atoms with Gasteiger partial charge in [-0.15, -0.1) is 0 Å². The van der Waals surface area contributed by atoms with Crippen molar-refractivity contribution in [2.75, 3.05) is 36.9 Å². The molecular weight excluding hydrogens is 532 g/mol. The molecule has 6 heterocycles. The molecule has 2 unspecified atom stereocenters. The van der Waals surface area contributed by atoms with Crippen LogP contribution in [-0.4, -0.2) is 133 Å². The Kier molecular flexibility index (Phi) is 7.15. The molecule has 8 atom stereocenters. The first-order chi connectivity index (χ1) is 19.4. The number of aromatic nitrogens is 8. The molecule has 40 heavy (non-hydrogen) atoms. The van der Waals surface area contributed by atoms with Crippen molar-refractivity contribution >= 4 is 34.0 Å². The van der Waals surface area contributed by atoms with Crippen LogP contribution in [0.1, 0.15) is 12.5 Å². The van der Waals surface area contributed by atoms with Crippen LogP contribution in [0.25, 0.3) is 22.3 Å². The topological polar surface area (TPSA) is 251 Å². The normalized spacial score (nSPS) is 30.4. The van der Waals surface area contributed by atoms with Crippen LogP contribution in [0.4, 0.5) is 11.6 Å². The van der Waals surface area contributed by atoms with Crippen molar-refractivity contribution in [3.05, 3.63) is 25.3 Å². The van der Waals surface area contributed by atoms with E-state index in [1.165, 1.54) is 34.4 Å². The lowest BCUT2D eigenvalue weighted by molar-refractivity contribution is -0.0511. The number of anilines is 2. The number of hydrogen-bond acceptors (Lipinski definition) is 16. The van der Waals surface area contributed by atoms with E-state index in [0.29, 0.717) is 47.1 Å². The molecule has 0 spiro atoms. The van der Waals surface area contributed by atoms with Crippen molar-refractivity contribution < 1.29 is 40.1 Å². The Hall–Kier alpha value is -3.62. The molecule has 18 heteroatoms. The highest BCUT2D eigenvalue weighted by Gasteiger charge is 2.45. The van der Waals surface area contributed by atoms with Crippen LogP contribution < -0.4 is 10.6 Å². The standard InChI is InChI=1S/C22H28N10O8/c33-3-9-13(35)15(37)21(39-9)31-7-29-11-17(25-5-27-19(11)31)23-1-2-24-18-12-20(28-6-26-18)32(8-30-12)22-16(38)14(36)10(4-34)40-22/h5-10,13-16,21-22,33-38H,1-4H2,(H,23,25,27)(H,24,26,28)/t9-,10+,13-,14+,15-,16+,21?,22?. The number of nitrogens with zero attached hydrogens (tertiary/aromatic N) is 8. The van der Waals surface area contributed by atoms with Crippen LogP contribution >= 0.6 is 0 Å². The van der Waals surface area contributed by atoms with Gasteiger partial charge in [-0.1, -0.05) is 0 Å². The van der Waals surface area contributed by atoms with E-state index in [1.54, 1.807) is 0 Å². The summed E-state index contributed by atoms with van der Waals surface area (Å²) in [6.45, 7) is -0.126. The predicted octanol–water partition coefficient (Wildman–Crippen LogP) is -3.29. The van der Waals surface area contributed by atoms with E-state index in [-0.39, 0.29) is 0 Å². The van der Waals surface area contributed by atoms with Crippen molar-refractivity contribution in [2.45, 2.75) is 49.1 Å². The predicted molar refractivity (Wildman–Crippen MR) is 134 cm³/mol. The average Bonchev–Trinajstić information content (AvgIpc) is 3.72. The zero-order valence-electron chi connectivity index (χ0n) is 20.8. The second kappa shape index (κ2) is 10.7. The largest absolute Gasteiger partial charge is 0.394 e. The highest BCUT2D eigenvalue weighted by atomic mass is 16.6. The van der Waals surface area contributed by atoms with Gasteiger partial charge in [0.2, 0.25) is 0 Å². The smallest absolute Gasteiger partial charge is 0.167 e. The number of nitrogens with one attached hydrogen (secondary N) is 2. The number of hydrogen-bond donors (Lipinski definition) is 8. The zero-order valence-corrected chi connectivity index (χ0v) is 20.8. The summed E-state index contributed by atoms with van der Waals surface area (Å²) in [7, 11) is 0. The first-order valence-electron chi connectivity index (χ1n) is 12.5. The number of rotatable bonds is 9. The maximum atomic E-state index is 10.4. The van der Waals surface area contributed by atoms with E-state index in [9.17, 15) is 30.6 Å². The van der Waals surface area contributed by atoms with Gasteiger partial charge in [0.25, 0.3) is 0 Å². The fraction of sp³-hybridized carbons (Fsp3) is 0.545. The van der Waals surface area contributed by atoms with Gasteiger partial charge in [0.15, 0.2) is 46.4 Å². The van der Waals surface area contributed by atoms with Gasteiger partial charge >= 0.3 is 0 Å². The summed E-state index contributed by atoms with van der Waals surface area (Å²) in [6, 6.07) is 0. The molecule has 4 aromatic rings. The van der Waals surface area contributed by atoms with E-state index in [4.69, 9.17) is 9.47 Å². The Labute approximate surface area is 224 Å². The molecule has 8 N–H and O–H groups in total. The Balaban J connectivity index is 1.13. The van der Waals surface area contributed by atoms with Crippen LogP contribution in [0.15, 0.2) is 25.3 Å². The third kappa shape index (κ3) is 4.39. The van der Waals surface area contributed by atoms with Gasteiger partial charge in [-0.05, 0) is 0 Å². The average molecular weight is 561 g/mol. The molecule has 0 amide bonds. The van der Waals surface area contributed by atoms with Crippen molar-refractivity contribution in [2.24, 2.45) is 0 Å². The lowest BCUT2D eigenvalue weighted by Gasteiger charge is -2.16. The van der Waals surface area contributed by atoms with E-state index >= 15 is 0 Å². The van der Waals surface area contributed by atoms with Crippen molar-refractivity contribution in [1.82, 2.24) is 39.0 Å². The molecule has 0 aromatic carbocycles. The number of fused-ring (bicyclic) bond motifs is 2. The van der Waals surface area contributed by atoms with Gasteiger partial charge in [0.05, 0.1) is 25.9 Å². The number of aliphatic hydroxyl groups is 6. The van der Waals surface area contributed by atoms with E-state index in [0.717, 1.165) is 0 Å². The second-order valence-electron chi connectivity index (χ2n) is 9.40. The third-order valence-electron chi connectivity index (χ3n) is 7.01. The summed E-state index contributed by atoms with van der Waals surface area (Å²) in [5.74, 6) is 0.859. The molecule has 0 aliphatic carbocycles. The van der Waals surface area contributed by atoms with Crippen LogP contribution in [-0.2, 0) is 9.47 Å². The van der Waals surface area contributed by atoms with Crippen LogP contribution in [0.3, 0.4) is 0 Å². The lowest BCUT2D eigenvalue weighted by Crippen LogP contribution is -2.33. The highest BCUT2D eigenvalue weighted by molar-refractivity contribution is 5.83. The van der Waals surface area contributed by atoms with E-state index < -0.39 is 62.3 Å². The van der Waals surface area contributed by atoms with Gasteiger partial charge in [-0.3, -0.25) is 9.13 Å². The molecule has 0 bridgehead atoms. The molecule has 2 saturated heterocycles. The molecule has 2 fully saturated rings. The lowest BCUT2D eigenvalue weighted by atomic mass is 10.1. The van der Waals surface area contributed by atoms with Crippen molar-refractivity contribution in [3.8, 4) is 0 Å². The van der Waals surface area contributed by atoms with Crippen LogP contribution in [0.5, 0.6) is 0 Å². The number of ether oxygens (including phenoxy) is 2. The third-order valence-corrected chi connectivity index (χ3v) is 7.01. The molecule has 214 valence electrons. The summed E-state index contributed by atoms with van der Waals surface area (Å²) in [5.41, 5.74) is 1.57. The Morgan fingerprint density at radius 3 is 1.43 bits per heavy atom. The first-order valence-corrected chi connectivity index (χ1v) is 12.5. The number of imidazole rings is 2. The van der Waals surface area contributed by atoms with Gasteiger partial charge in [-0.2, -0.15) is 0 Å². The highest BCUT2D eigenvalue weighted by Crippen LogP contribution is 2.33. The summed E-state index contributed by atoms with van der Waals surface area (Å²) in [5, 5.41) is 66.0. The molecule has 2 aliphatic rings. The molecule has 0 radical (unpaired) electrons. The maximum absolute atomic E-state index is 10.4. The van der Waals surface area contributed by atoms with Crippen molar-refractivity contribution in [1.29, 1.82) is 0 Å². The molecule has 4 aromatic heterocycles. The minimum atomic E-state index is -1.28. The van der Waals surface area contributed by atoms with E-state index in [1.807, 2.05) is 0 Å². The summed E-state index contributed by atoms with van der Waals surface area (Å²) in [4.78, 5) is 25.6. The zero-order chi connectivity index (χ0) is 28.0. The van der Waals surface area contributed by atoms with Gasteiger partial charge in [0.1, 0.15) is 49.3 Å². The molecule has 18 nitrogen and oxygen atoms in total. The summed E-state index contributed by atoms with van der Waals surface area (Å²) < 4.78 is 14.1. The first kappa shape index (κ1) is 26.6. The maximum Gasteiger partial charge on any atom is 0.167 e. The Bertz CT molecular complexity index is 1370. The van der Waals surface area contributed by atoms with Crippen LogP contribution in [0.2, 0.25) is 0 Å². The van der Waals surface area contributed by atoms with Gasteiger partial charge in [-0.25, -0.2) is 29.9 Å². The van der Waals surface area contributed by atoms with Gasteiger partial charge < -0.3 is 50.7 Å². The molecule has 6 rings (SSSR count). The minimum absolute atomic E-state index is 0.369. The monoisotopic (exact) mass is 560 g/mol. The quantitative estimate of drug-likeness (QED) is 0.0934. The minimum Gasteiger partial charge on any atom is -0.394 e.